The Labute approximate surface area is 84.2 Å². The van der Waals surface area contributed by atoms with Crippen molar-refractivity contribution in [2.45, 2.75) is 12.8 Å². The first kappa shape index (κ1) is 10.5. The number of hydrogen-bond donors (Lipinski definition) is 0. The molecule has 1 atom stereocenters. The second-order valence-electron chi connectivity index (χ2n) is 3.15. The zero-order valence-electron chi connectivity index (χ0n) is 8.27. The van der Waals surface area contributed by atoms with Crippen LogP contribution in [0.25, 0.3) is 0 Å². The number of ether oxygens (including phenoxy) is 1. The van der Waals surface area contributed by atoms with Crippen molar-refractivity contribution in [1.29, 1.82) is 0 Å². The van der Waals surface area contributed by atoms with E-state index in [1.165, 1.54) is 11.6 Å². The van der Waals surface area contributed by atoms with Crippen molar-refractivity contribution >= 4 is 5.97 Å². The fraction of sp³-hybridized carbons (Fsp3) is 0.250. The molecule has 0 bridgehead atoms. The molecule has 1 aromatic rings. The van der Waals surface area contributed by atoms with Gasteiger partial charge in [0, 0.05) is 12.0 Å². The quantitative estimate of drug-likeness (QED) is 0.538. The molecule has 2 heteroatoms. The van der Waals surface area contributed by atoms with Gasteiger partial charge in [-0.3, -0.25) is 0 Å². The van der Waals surface area contributed by atoms with Gasteiger partial charge in [0.15, 0.2) is 0 Å². The highest BCUT2D eigenvalue weighted by Crippen LogP contribution is 2.14. The number of rotatable bonds is 4. The molecule has 0 aromatic heterocycles. The first-order chi connectivity index (χ1) is 6.74. The van der Waals surface area contributed by atoms with E-state index in [4.69, 9.17) is 4.74 Å². The van der Waals surface area contributed by atoms with Gasteiger partial charge in [-0.05, 0) is 5.56 Å². The Balaban J connectivity index is 2.47. The summed E-state index contributed by atoms with van der Waals surface area (Å²) in [5.41, 5.74) is 1.17. The smallest absolute Gasteiger partial charge is 0.330 e. The van der Waals surface area contributed by atoms with Gasteiger partial charge < -0.3 is 4.74 Å². The minimum absolute atomic E-state index is 0.222. The summed E-state index contributed by atoms with van der Waals surface area (Å²) >= 11 is 0. The third-order valence-electron chi connectivity index (χ3n) is 2.01. The molecule has 0 aliphatic heterocycles. The molecule has 0 heterocycles. The van der Waals surface area contributed by atoms with Gasteiger partial charge in [0.2, 0.25) is 0 Å². The molecular formula is C12H14O2. The number of hydrogen-bond acceptors (Lipinski definition) is 2. The van der Waals surface area contributed by atoms with Gasteiger partial charge in [-0.25, -0.2) is 4.79 Å². The molecule has 74 valence electrons. The molecule has 1 aromatic carbocycles. The van der Waals surface area contributed by atoms with E-state index in [2.05, 4.69) is 6.58 Å². The van der Waals surface area contributed by atoms with Crippen molar-refractivity contribution in [3.8, 4) is 0 Å². The SMILES string of the molecule is C=CC(=O)OCC(C)c1ccccc1. The van der Waals surface area contributed by atoms with Crippen LogP contribution in [0.4, 0.5) is 0 Å². The van der Waals surface area contributed by atoms with E-state index in [-0.39, 0.29) is 11.9 Å². The first-order valence-corrected chi connectivity index (χ1v) is 4.58. The van der Waals surface area contributed by atoms with Crippen LogP contribution in [-0.2, 0) is 9.53 Å². The molecule has 0 aliphatic rings. The summed E-state index contributed by atoms with van der Waals surface area (Å²) in [5, 5.41) is 0. The normalized spacial score (nSPS) is 11.8. The highest BCUT2D eigenvalue weighted by Gasteiger charge is 2.06. The van der Waals surface area contributed by atoms with E-state index in [0.717, 1.165) is 0 Å². The summed E-state index contributed by atoms with van der Waals surface area (Å²) in [4.78, 5) is 10.8. The van der Waals surface area contributed by atoms with Gasteiger partial charge in [-0.2, -0.15) is 0 Å². The molecule has 0 fully saturated rings. The molecule has 1 unspecified atom stereocenters. The summed E-state index contributed by atoms with van der Waals surface area (Å²) in [5.74, 6) is -0.145. The van der Waals surface area contributed by atoms with E-state index >= 15 is 0 Å². The molecule has 0 aliphatic carbocycles. The van der Waals surface area contributed by atoms with Gasteiger partial charge in [-0.1, -0.05) is 43.8 Å². The summed E-state index contributed by atoms with van der Waals surface area (Å²) in [6, 6.07) is 9.95. The molecule has 0 amide bonds. The Bertz CT molecular complexity index is 303. The van der Waals surface area contributed by atoms with Gasteiger partial charge >= 0.3 is 5.97 Å². The van der Waals surface area contributed by atoms with Crippen molar-refractivity contribution in [2.24, 2.45) is 0 Å². The predicted octanol–water partition coefficient (Wildman–Crippen LogP) is 2.52. The van der Waals surface area contributed by atoms with Crippen LogP contribution in [0.15, 0.2) is 43.0 Å². The monoisotopic (exact) mass is 190 g/mol. The summed E-state index contributed by atoms with van der Waals surface area (Å²) < 4.78 is 4.95. The fourth-order valence-corrected chi connectivity index (χ4v) is 1.14. The third kappa shape index (κ3) is 3.05. The van der Waals surface area contributed by atoms with Crippen LogP contribution in [0, 0.1) is 0 Å². The zero-order valence-corrected chi connectivity index (χ0v) is 8.27. The molecule has 0 spiro atoms. The molecule has 0 saturated heterocycles. The average molecular weight is 190 g/mol. The van der Waals surface area contributed by atoms with Crippen LogP contribution in [-0.4, -0.2) is 12.6 Å². The molecule has 0 N–H and O–H groups in total. The standard InChI is InChI=1S/C12H14O2/c1-3-12(13)14-9-10(2)11-7-5-4-6-8-11/h3-8,10H,1,9H2,2H3. The lowest BCUT2D eigenvalue weighted by Gasteiger charge is -2.10. The van der Waals surface area contributed by atoms with Gasteiger partial charge in [0.1, 0.15) is 0 Å². The lowest BCUT2D eigenvalue weighted by molar-refractivity contribution is -0.138. The van der Waals surface area contributed by atoms with Gasteiger partial charge in [0.05, 0.1) is 6.61 Å². The van der Waals surface area contributed by atoms with Crippen LogP contribution in [0.5, 0.6) is 0 Å². The lowest BCUT2D eigenvalue weighted by atomic mass is 10.0. The molecular weight excluding hydrogens is 176 g/mol. The Morgan fingerprint density at radius 1 is 1.50 bits per heavy atom. The largest absolute Gasteiger partial charge is 0.462 e. The van der Waals surface area contributed by atoms with Gasteiger partial charge in [-0.15, -0.1) is 0 Å². The number of carbonyl (C=O) groups excluding carboxylic acids is 1. The van der Waals surface area contributed by atoms with Crippen LogP contribution in [0.1, 0.15) is 18.4 Å². The number of benzene rings is 1. The summed E-state index contributed by atoms with van der Waals surface area (Å²) in [7, 11) is 0. The van der Waals surface area contributed by atoms with Crippen molar-refractivity contribution < 1.29 is 9.53 Å². The van der Waals surface area contributed by atoms with Crippen LogP contribution >= 0.6 is 0 Å². The molecule has 0 radical (unpaired) electrons. The number of esters is 1. The van der Waals surface area contributed by atoms with E-state index in [1.54, 1.807) is 0 Å². The highest BCUT2D eigenvalue weighted by molar-refractivity contribution is 5.81. The van der Waals surface area contributed by atoms with E-state index in [1.807, 2.05) is 37.3 Å². The number of carbonyl (C=O) groups is 1. The maximum Gasteiger partial charge on any atom is 0.330 e. The minimum atomic E-state index is -0.368. The molecule has 14 heavy (non-hydrogen) atoms. The van der Waals surface area contributed by atoms with Crippen LogP contribution in [0.3, 0.4) is 0 Å². The van der Waals surface area contributed by atoms with Crippen LogP contribution < -0.4 is 0 Å². The topological polar surface area (TPSA) is 26.3 Å². The molecule has 0 saturated carbocycles. The Morgan fingerprint density at radius 2 is 2.14 bits per heavy atom. The molecule has 2 nitrogen and oxygen atoms in total. The predicted molar refractivity (Wildman–Crippen MR) is 56.0 cm³/mol. The maximum atomic E-state index is 10.8. The van der Waals surface area contributed by atoms with Crippen molar-refractivity contribution in [3.63, 3.8) is 0 Å². The van der Waals surface area contributed by atoms with E-state index < -0.39 is 0 Å². The Kier molecular flexibility index (Phi) is 3.92. The Morgan fingerprint density at radius 3 is 2.71 bits per heavy atom. The zero-order chi connectivity index (χ0) is 10.4. The Hall–Kier alpha value is -1.57. The fourth-order valence-electron chi connectivity index (χ4n) is 1.14. The van der Waals surface area contributed by atoms with Crippen molar-refractivity contribution in [2.75, 3.05) is 6.61 Å². The van der Waals surface area contributed by atoms with Crippen LogP contribution in [0.2, 0.25) is 0 Å². The lowest BCUT2D eigenvalue weighted by Crippen LogP contribution is -2.08. The van der Waals surface area contributed by atoms with Gasteiger partial charge in [0.25, 0.3) is 0 Å². The van der Waals surface area contributed by atoms with Crippen molar-refractivity contribution in [3.05, 3.63) is 48.6 Å². The second-order valence-corrected chi connectivity index (χ2v) is 3.15. The second kappa shape index (κ2) is 5.22. The summed E-state index contributed by atoms with van der Waals surface area (Å²) in [6.07, 6.45) is 1.18. The third-order valence-corrected chi connectivity index (χ3v) is 2.01. The van der Waals surface area contributed by atoms with Crippen molar-refractivity contribution in [1.82, 2.24) is 0 Å². The van der Waals surface area contributed by atoms with E-state index in [0.29, 0.717) is 6.61 Å². The van der Waals surface area contributed by atoms with E-state index in [9.17, 15) is 4.79 Å². The average Bonchev–Trinajstić information content (AvgIpc) is 2.26. The highest BCUT2D eigenvalue weighted by atomic mass is 16.5. The maximum absolute atomic E-state index is 10.8. The summed E-state index contributed by atoms with van der Waals surface area (Å²) in [6.45, 7) is 5.75. The minimum Gasteiger partial charge on any atom is -0.462 e. The molecule has 1 rings (SSSR count). The first-order valence-electron chi connectivity index (χ1n) is 4.58.